The van der Waals surface area contributed by atoms with E-state index in [9.17, 15) is 28.7 Å². The number of benzene rings is 2. The van der Waals surface area contributed by atoms with E-state index >= 15 is 0 Å². The second-order valence-electron chi connectivity index (χ2n) is 9.16. The molecule has 0 saturated carbocycles. The predicted octanol–water partition coefficient (Wildman–Crippen LogP) is 4.46. The topological polar surface area (TPSA) is 119 Å². The first-order valence-corrected chi connectivity index (χ1v) is 13.3. The normalized spacial score (nSPS) is 12.7. The minimum absolute atomic E-state index is 0.00175. The molecule has 3 heterocycles. The molecule has 9 nitrogen and oxygen atoms in total. The third-order valence-corrected chi connectivity index (χ3v) is 7.57. The molecular weight excluding hydrogens is 585 g/mol. The largest absolute Gasteiger partial charge is 0.505 e. The smallest absolute Gasteiger partial charge is 0.347 e. The number of hydrogen-bond donors (Lipinski definition) is 1. The van der Waals surface area contributed by atoms with E-state index in [0.717, 1.165) is 10.5 Å². The van der Waals surface area contributed by atoms with Gasteiger partial charge in [-0.1, -0.05) is 24.3 Å². The Balaban J connectivity index is 1.54. The van der Waals surface area contributed by atoms with Gasteiger partial charge in [-0.3, -0.25) is 24.3 Å². The molecule has 1 aliphatic rings. The second kappa shape index (κ2) is 11.0. The molecule has 2 amide bonds. The Morgan fingerprint density at radius 3 is 2.30 bits per heavy atom. The number of amides is 2. The lowest BCUT2D eigenvalue weighted by molar-refractivity contribution is 0.0519. The van der Waals surface area contributed by atoms with Crippen molar-refractivity contribution in [2.24, 2.45) is 0 Å². The Morgan fingerprint density at radius 1 is 1.02 bits per heavy atom. The monoisotopic (exact) mass is 607 g/mol. The van der Waals surface area contributed by atoms with E-state index in [1.54, 1.807) is 43.3 Å². The van der Waals surface area contributed by atoms with Gasteiger partial charge in [-0.25, -0.2) is 9.18 Å². The van der Waals surface area contributed by atoms with Crippen molar-refractivity contribution in [3.8, 4) is 5.75 Å². The maximum Gasteiger partial charge on any atom is 0.347 e. The summed E-state index contributed by atoms with van der Waals surface area (Å²) in [5.74, 6) is -2.80. The Hall–Kier alpha value is -4.38. The zero-order valence-electron chi connectivity index (χ0n) is 21.3. The van der Waals surface area contributed by atoms with Crippen LogP contribution < -0.4 is 5.56 Å². The lowest BCUT2D eigenvalue weighted by atomic mass is 10.1. The van der Waals surface area contributed by atoms with Crippen molar-refractivity contribution in [2.45, 2.75) is 26.3 Å². The minimum Gasteiger partial charge on any atom is -0.505 e. The summed E-state index contributed by atoms with van der Waals surface area (Å²) in [6.07, 6.45) is 2.02. The van der Waals surface area contributed by atoms with Crippen molar-refractivity contribution in [3.63, 3.8) is 0 Å². The number of rotatable bonds is 8. The second-order valence-corrected chi connectivity index (χ2v) is 9.95. The molecule has 0 radical (unpaired) electrons. The Morgan fingerprint density at radius 2 is 1.68 bits per heavy atom. The van der Waals surface area contributed by atoms with Crippen molar-refractivity contribution in [2.75, 3.05) is 13.2 Å². The van der Waals surface area contributed by atoms with Crippen molar-refractivity contribution in [1.82, 2.24) is 14.5 Å². The molecule has 1 N–H and O–H groups in total. The first-order valence-electron chi connectivity index (χ1n) is 12.5. The van der Waals surface area contributed by atoms with Crippen LogP contribution in [0.4, 0.5) is 4.39 Å². The summed E-state index contributed by atoms with van der Waals surface area (Å²) in [6.45, 7) is 1.59. The van der Waals surface area contributed by atoms with Crippen LogP contribution in [0.15, 0.2) is 64.0 Å². The third-order valence-electron chi connectivity index (χ3n) is 6.68. The lowest BCUT2D eigenvalue weighted by Gasteiger charge is -2.18. The number of nitrogens with zero attached hydrogens (tertiary/aromatic N) is 3. The molecule has 11 heteroatoms. The van der Waals surface area contributed by atoms with Gasteiger partial charge >= 0.3 is 5.97 Å². The van der Waals surface area contributed by atoms with Crippen LogP contribution in [-0.2, 0) is 17.7 Å². The van der Waals surface area contributed by atoms with Crippen LogP contribution in [0.2, 0.25) is 0 Å². The maximum absolute atomic E-state index is 13.6. The highest BCUT2D eigenvalue weighted by atomic mass is 79.9. The van der Waals surface area contributed by atoms with Crippen molar-refractivity contribution in [3.05, 3.63) is 103 Å². The van der Waals surface area contributed by atoms with E-state index in [2.05, 4.69) is 20.9 Å². The standard InChI is InChI=1S/C29H23BrFN3O6/c1-2-40-29(39)21-25(35)23-24(22(30)17(15-32-23)14-16-8-10-18(31)11-9-16)33(28(21)38)12-5-13-34-26(36)19-6-3-4-7-20(19)27(34)37/h3-4,6-11,15,35H,2,5,12-14H2,1H3. The number of fused-ring (bicyclic) bond motifs is 2. The third kappa shape index (κ3) is 4.77. The number of pyridine rings is 2. The number of aromatic nitrogens is 2. The van der Waals surface area contributed by atoms with Gasteiger partial charge in [-0.2, -0.15) is 0 Å². The number of esters is 1. The number of imide groups is 1. The van der Waals surface area contributed by atoms with Crippen LogP contribution in [0.1, 0.15) is 55.5 Å². The molecule has 0 aliphatic carbocycles. The van der Waals surface area contributed by atoms with Crippen molar-refractivity contribution in [1.29, 1.82) is 0 Å². The Kier molecular flexibility index (Phi) is 7.49. The summed E-state index contributed by atoms with van der Waals surface area (Å²) in [5, 5.41) is 10.9. The minimum atomic E-state index is -0.991. The number of carbonyl (C=O) groups is 3. The Bertz CT molecular complexity index is 1700. The number of halogens is 2. The first kappa shape index (κ1) is 27.2. The number of aryl methyl sites for hydroxylation is 1. The fourth-order valence-electron chi connectivity index (χ4n) is 4.77. The van der Waals surface area contributed by atoms with Gasteiger partial charge < -0.3 is 14.4 Å². The van der Waals surface area contributed by atoms with Crippen LogP contribution in [0, 0.1) is 5.82 Å². The van der Waals surface area contributed by atoms with E-state index in [1.807, 2.05) is 0 Å². The molecule has 40 heavy (non-hydrogen) atoms. The van der Waals surface area contributed by atoms with Crippen LogP contribution in [0.3, 0.4) is 0 Å². The van der Waals surface area contributed by atoms with Crippen molar-refractivity contribution < 1.29 is 28.6 Å². The van der Waals surface area contributed by atoms with E-state index in [4.69, 9.17) is 4.74 Å². The van der Waals surface area contributed by atoms with Gasteiger partial charge in [-0.15, -0.1) is 0 Å². The molecular formula is C29H23BrFN3O6. The predicted molar refractivity (Wildman–Crippen MR) is 147 cm³/mol. The molecule has 2 aromatic carbocycles. The fourth-order valence-corrected chi connectivity index (χ4v) is 5.41. The zero-order chi connectivity index (χ0) is 28.6. The summed E-state index contributed by atoms with van der Waals surface area (Å²) >= 11 is 3.54. The average Bonchev–Trinajstić information content (AvgIpc) is 3.18. The summed E-state index contributed by atoms with van der Waals surface area (Å²) in [6, 6.07) is 12.5. The molecule has 2 aromatic heterocycles. The highest BCUT2D eigenvalue weighted by Crippen LogP contribution is 2.33. The SMILES string of the molecule is CCOC(=O)c1c(O)c2ncc(Cc3ccc(F)cc3)c(Br)c2n(CCCN2C(=O)c3ccccc3C2=O)c1=O. The summed E-state index contributed by atoms with van der Waals surface area (Å²) in [7, 11) is 0. The molecule has 0 atom stereocenters. The average molecular weight is 608 g/mol. The van der Waals surface area contributed by atoms with Gasteiger partial charge in [0, 0.05) is 30.2 Å². The highest BCUT2D eigenvalue weighted by Gasteiger charge is 2.34. The maximum atomic E-state index is 13.6. The van der Waals surface area contributed by atoms with Gasteiger partial charge in [0.2, 0.25) is 0 Å². The molecule has 0 fully saturated rings. The van der Waals surface area contributed by atoms with Gasteiger partial charge in [0.25, 0.3) is 17.4 Å². The highest BCUT2D eigenvalue weighted by molar-refractivity contribution is 9.10. The fraction of sp³-hybridized carbons (Fsp3) is 0.207. The number of aromatic hydroxyl groups is 1. The number of ether oxygens (including phenoxy) is 1. The molecule has 0 spiro atoms. The van der Waals surface area contributed by atoms with Crippen LogP contribution in [0.5, 0.6) is 5.75 Å². The zero-order valence-corrected chi connectivity index (χ0v) is 22.9. The molecule has 4 aromatic rings. The van der Waals surface area contributed by atoms with Crippen LogP contribution >= 0.6 is 15.9 Å². The summed E-state index contributed by atoms with van der Waals surface area (Å²) in [4.78, 5) is 57.3. The van der Waals surface area contributed by atoms with Crippen LogP contribution in [0.25, 0.3) is 11.0 Å². The quantitative estimate of drug-likeness (QED) is 0.232. The molecule has 5 rings (SSSR count). The van der Waals surface area contributed by atoms with E-state index in [-0.39, 0.29) is 43.0 Å². The molecule has 204 valence electrons. The molecule has 1 aliphatic heterocycles. The summed E-state index contributed by atoms with van der Waals surface area (Å²) < 4.78 is 20.1. The molecule has 0 unspecified atom stereocenters. The Labute approximate surface area is 236 Å². The summed E-state index contributed by atoms with van der Waals surface area (Å²) in [5.41, 5.74) is 0.957. The molecule has 0 saturated heterocycles. The van der Waals surface area contributed by atoms with Gasteiger partial charge in [0.15, 0.2) is 11.3 Å². The van der Waals surface area contributed by atoms with Gasteiger partial charge in [0.05, 0.1) is 23.3 Å². The van der Waals surface area contributed by atoms with Gasteiger partial charge in [-0.05, 0) is 64.7 Å². The van der Waals surface area contributed by atoms with Crippen molar-refractivity contribution >= 4 is 44.7 Å². The first-order chi connectivity index (χ1) is 19.2. The van der Waals surface area contributed by atoms with E-state index < -0.39 is 34.7 Å². The van der Waals surface area contributed by atoms with E-state index in [1.165, 1.54) is 22.9 Å². The van der Waals surface area contributed by atoms with E-state index in [0.29, 0.717) is 27.6 Å². The molecule has 0 bridgehead atoms. The van der Waals surface area contributed by atoms with Crippen LogP contribution in [-0.4, -0.2) is 50.5 Å². The lowest BCUT2D eigenvalue weighted by Crippen LogP contribution is -2.33. The van der Waals surface area contributed by atoms with Gasteiger partial charge in [0.1, 0.15) is 11.3 Å². The number of carbonyl (C=O) groups excluding carboxylic acids is 3. The number of hydrogen-bond acceptors (Lipinski definition) is 7.